The third-order valence-electron chi connectivity index (χ3n) is 0.979. The molecule has 78 valence electrons. The summed E-state index contributed by atoms with van der Waals surface area (Å²) >= 11 is 0. The van der Waals surface area contributed by atoms with Crippen LogP contribution in [-0.2, 0) is 0 Å². The monoisotopic (exact) mass is 184 g/mol. The lowest BCUT2D eigenvalue weighted by atomic mass is 10.3. The van der Waals surface area contributed by atoms with Crippen LogP contribution in [0.25, 0.3) is 0 Å². The Morgan fingerprint density at radius 2 is 1.23 bits per heavy atom. The molecule has 1 aromatic carbocycles. The lowest BCUT2D eigenvalue weighted by Crippen LogP contribution is -1.78. The Kier molecular flexibility index (Phi) is 23.7. The van der Waals surface area contributed by atoms with Crippen LogP contribution in [0.5, 0.6) is 5.75 Å². The maximum atomic E-state index is 4.91. The first-order valence-electron chi connectivity index (χ1n) is 4.52. The largest absolute Gasteiger partial charge is 0.497 e. The van der Waals surface area contributed by atoms with Gasteiger partial charge >= 0.3 is 0 Å². The summed E-state index contributed by atoms with van der Waals surface area (Å²) in [7, 11) is 1.66. The summed E-state index contributed by atoms with van der Waals surface area (Å²) in [6.07, 6.45) is 0. The fourth-order valence-electron chi connectivity index (χ4n) is 0.557. The summed E-state index contributed by atoms with van der Waals surface area (Å²) in [5, 5.41) is 0. The summed E-state index contributed by atoms with van der Waals surface area (Å²) in [6.45, 7) is 8.00. The third-order valence-corrected chi connectivity index (χ3v) is 0.979. The smallest absolute Gasteiger partial charge is 0.118 e. The molecule has 0 spiro atoms. The zero-order valence-corrected chi connectivity index (χ0v) is 8.79. The van der Waals surface area contributed by atoms with Gasteiger partial charge in [0.25, 0.3) is 0 Å². The lowest BCUT2D eigenvalue weighted by molar-refractivity contribution is 0.415. The molecule has 0 amide bonds. The lowest BCUT2D eigenvalue weighted by Gasteiger charge is -1.93. The van der Waals surface area contributed by atoms with Crippen molar-refractivity contribution in [2.45, 2.75) is 35.1 Å². The van der Waals surface area contributed by atoms with Gasteiger partial charge in [-0.25, -0.2) is 0 Å². The van der Waals surface area contributed by atoms with Gasteiger partial charge in [0.1, 0.15) is 5.75 Å². The number of hydrogen-bond donors (Lipinski definition) is 0. The molecule has 0 fully saturated rings. The normalized spacial score (nSPS) is 6.23. The molecular weight excluding hydrogens is 160 g/mol. The van der Waals surface area contributed by atoms with E-state index in [0.29, 0.717) is 0 Å². The van der Waals surface area contributed by atoms with Crippen molar-refractivity contribution >= 4 is 0 Å². The topological polar surface area (TPSA) is 9.23 Å². The SMILES string of the molecule is C.CC.CC.COc1ccccc1. The van der Waals surface area contributed by atoms with Crippen LogP contribution >= 0.6 is 0 Å². The van der Waals surface area contributed by atoms with E-state index in [9.17, 15) is 0 Å². The van der Waals surface area contributed by atoms with Gasteiger partial charge in [-0.1, -0.05) is 53.3 Å². The Labute approximate surface area is 83.8 Å². The van der Waals surface area contributed by atoms with Crippen LogP contribution in [0.3, 0.4) is 0 Å². The van der Waals surface area contributed by atoms with E-state index in [0.717, 1.165) is 5.75 Å². The van der Waals surface area contributed by atoms with Crippen LogP contribution in [0.2, 0.25) is 0 Å². The average molecular weight is 184 g/mol. The van der Waals surface area contributed by atoms with Crippen LogP contribution in [0, 0.1) is 0 Å². The molecule has 0 heterocycles. The molecule has 1 aromatic rings. The molecule has 0 N–H and O–H groups in total. The molecule has 0 saturated heterocycles. The van der Waals surface area contributed by atoms with Gasteiger partial charge in [0, 0.05) is 0 Å². The van der Waals surface area contributed by atoms with Gasteiger partial charge in [0.05, 0.1) is 7.11 Å². The van der Waals surface area contributed by atoms with E-state index in [1.807, 2.05) is 58.0 Å². The molecule has 0 radical (unpaired) electrons. The highest BCUT2D eigenvalue weighted by molar-refractivity contribution is 5.20. The second-order valence-corrected chi connectivity index (χ2v) is 1.52. The zero-order valence-electron chi connectivity index (χ0n) is 8.79. The Balaban J connectivity index is -0.000000178. The third kappa shape index (κ3) is 11.0. The fraction of sp³-hybridized carbons (Fsp3) is 0.500. The molecule has 0 unspecified atom stereocenters. The van der Waals surface area contributed by atoms with Crippen molar-refractivity contribution < 1.29 is 4.74 Å². The Morgan fingerprint density at radius 3 is 1.46 bits per heavy atom. The van der Waals surface area contributed by atoms with Crippen molar-refractivity contribution in [3.8, 4) is 5.75 Å². The highest BCUT2D eigenvalue weighted by Crippen LogP contribution is 2.05. The molecule has 1 nitrogen and oxygen atoms in total. The van der Waals surface area contributed by atoms with Crippen molar-refractivity contribution in [1.82, 2.24) is 0 Å². The highest BCUT2D eigenvalue weighted by Gasteiger charge is 1.80. The molecule has 1 rings (SSSR count). The molecule has 1 heteroatoms. The van der Waals surface area contributed by atoms with Crippen molar-refractivity contribution in [3.63, 3.8) is 0 Å². The van der Waals surface area contributed by atoms with Gasteiger partial charge in [0.2, 0.25) is 0 Å². The zero-order chi connectivity index (χ0) is 9.82. The fourth-order valence-corrected chi connectivity index (χ4v) is 0.557. The number of para-hydroxylation sites is 1. The standard InChI is InChI=1S/C7H8O.2C2H6.CH4/c1-8-7-5-3-2-4-6-7;2*1-2;/h2-6H,1H3;2*1-2H3;1H4. The first-order valence-corrected chi connectivity index (χ1v) is 4.52. The summed E-state index contributed by atoms with van der Waals surface area (Å²) in [4.78, 5) is 0. The first-order chi connectivity index (χ1) is 5.93. The number of ether oxygens (including phenoxy) is 1. The van der Waals surface area contributed by atoms with Crippen molar-refractivity contribution in [3.05, 3.63) is 30.3 Å². The van der Waals surface area contributed by atoms with E-state index < -0.39 is 0 Å². The van der Waals surface area contributed by atoms with Gasteiger partial charge in [0.15, 0.2) is 0 Å². The minimum absolute atomic E-state index is 0. The summed E-state index contributed by atoms with van der Waals surface area (Å²) in [5.41, 5.74) is 0. The van der Waals surface area contributed by atoms with Crippen molar-refractivity contribution in [2.24, 2.45) is 0 Å². The summed E-state index contributed by atoms with van der Waals surface area (Å²) < 4.78 is 4.91. The van der Waals surface area contributed by atoms with Crippen molar-refractivity contribution in [1.29, 1.82) is 0 Å². The van der Waals surface area contributed by atoms with E-state index in [4.69, 9.17) is 4.74 Å². The minimum Gasteiger partial charge on any atom is -0.497 e. The molecule has 0 atom stereocenters. The number of hydrogen-bond acceptors (Lipinski definition) is 1. The van der Waals surface area contributed by atoms with E-state index in [-0.39, 0.29) is 7.43 Å². The second kappa shape index (κ2) is 17.2. The van der Waals surface area contributed by atoms with E-state index >= 15 is 0 Å². The van der Waals surface area contributed by atoms with Gasteiger partial charge in [-0.15, -0.1) is 0 Å². The number of methoxy groups -OCH3 is 1. The summed E-state index contributed by atoms with van der Waals surface area (Å²) in [6, 6.07) is 9.68. The minimum atomic E-state index is 0. The Hall–Kier alpha value is -0.980. The molecule has 0 bridgehead atoms. The Bertz CT molecular complexity index is 146. The van der Waals surface area contributed by atoms with E-state index in [1.165, 1.54) is 0 Å². The average Bonchev–Trinajstić information content (AvgIpc) is 2.25. The van der Waals surface area contributed by atoms with Crippen LogP contribution < -0.4 is 4.74 Å². The van der Waals surface area contributed by atoms with Gasteiger partial charge in [-0.3, -0.25) is 0 Å². The second-order valence-electron chi connectivity index (χ2n) is 1.52. The van der Waals surface area contributed by atoms with Crippen LogP contribution in [-0.4, -0.2) is 7.11 Å². The van der Waals surface area contributed by atoms with Gasteiger partial charge < -0.3 is 4.74 Å². The van der Waals surface area contributed by atoms with Gasteiger partial charge in [-0.05, 0) is 12.1 Å². The maximum Gasteiger partial charge on any atom is 0.118 e. The molecule has 0 aromatic heterocycles. The Morgan fingerprint density at radius 1 is 0.846 bits per heavy atom. The van der Waals surface area contributed by atoms with Crippen LogP contribution in [0.15, 0.2) is 30.3 Å². The van der Waals surface area contributed by atoms with Gasteiger partial charge in [-0.2, -0.15) is 0 Å². The molecule has 13 heavy (non-hydrogen) atoms. The molecule has 0 saturated carbocycles. The van der Waals surface area contributed by atoms with E-state index in [1.54, 1.807) is 7.11 Å². The molecule has 0 aliphatic heterocycles. The highest BCUT2D eigenvalue weighted by atomic mass is 16.5. The predicted molar refractivity (Wildman–Crippen MR) is 62.4 cm³/mol. The van der Waals surface area contributed by atoms with Crippen molar-refractivity contribution in [2.75, 3.05) is 7.11 Å². The van der Waals surface area contributed by atoms with E-state index in [2.05, 4.69) is 0 Å². The quantitative estimate of drug-likeness (QED) is 0.629. The molecule has 0 aliphatic rings. The predicted octanol–water partition coefficient (Wildman–Crippen LogP) is 4.38. The molecular formula is C12H24O. The summed E-state index contributed by atoms with van der Waals surface area (Å²) in [5.74, 6) is 0.910. The van der Waals surface area contributed by atoms with Crippen LogP contribution in [0.4, 0.5) is 0 Å². The number of benzene rings is 1. The molecule has 0 aliphatic carbocycles. The maximum absolute atomic E-state index is 4.91. The van der Waals surface area contributed by atoms with Crippen LogP contribution in [0.1, 0.15) is 35.1 Å². The first kappa shape index (κ1) is 17.9. The number of rotatable bonds is 1.